The van der Waals surface area contributed by atoms with Crippen LogP contribution in [0.3, 0.4) is 0 Å². The second kappa shape index (κ2) is 2.84. The summed E-state index contributed by atoms with van der Waals surface area (Å²) in [6.07, 6.45) is 3.35. The molecule has 0 bridgehead atoms. The minimum absolute atomic E-state index is 0.262. The molecule has 0 heterocycles. The van der Waals surface area contributed by atoms with Crippen LogP contribution < -0.4 is 0 Å². The zero-order valence-electron chi connectivity index (χ0n) is 7.59. The SMILES string of the molecule is CC(C)(C)C1CCC/C1=N\O. The Morgan fingerprint density at radius 2 is 2.09 bits per heavy atom. The molecule has 0 amide bonds. The first-order valence-corrected chi connectivity index (χ1v) is 4.26. The van der Waals surface area contributed by atoms with E-state index < -0.39 is 0 Å². The molecule has 2 nitrogen and oxygen atoms in total. The quantitative estimate of drug-likeness (QED) is 0.423. The Bertz CT molecular complexity index is 167. The van der Waals surface area contributed by atoms with Crippen LogP contribution in [0.25, 0.3) is 0 Å². The Balaban J connectivity index is 2.72. The molecule has 64 valence electrons. The van der Waals surface area contributed by atoms with Crippen molar-refractivity contribution in [2.45, 2.75) is 40.0 Å². The van der Waals surface area contributed by atoms with Crippen molar-refractivity contribution >= 4 is 5.71 Å². The van der Waals surface area contributed by atoms with Crippen molar-refractivity contribution < 1.29 is 5.21 Å². The van der Waals surface area contributed by atoms with Crippen molar-refractivity contribution in [3.8, 4) is 0 Å². The molecule has 1 rings (SSSR count). The van der Waals surface area contributed by atoms with E-state index in [1.54, 1.807) is 0 Å². The van der Waals surface area contributed by atoms with Gasteiger partial charge in [0.15, 0.2) is 0 Å². The monoisotopic (exact) mass is 155 g/mol. The predicted molar refractivity (Wildman–Crippen MR) is 46.0 cm³/mol. The molecule has 0 aromatic carbocycles. The zero-order valence-corrected chi connectivity index (χ0v) is 7.59. The number of hydrogen-bond acceptors (Lipinski definition) is 2. The average molecular weight is 155 g/mol. The lowest BCUT2D eigenvalue weighted by Gasteiger charge is -2.26. The highest BCUT2D eigenvalue weighted by atomic mass is 16.4. The van der Waals surface area contributed by atoms with Crippen LogP contribution in [0.1, 0.15) is 40.0 Å². The molecule has 0 aromatic rings. The summed E-state index contributed by atoms with van der Waals surface area (Å²) in [5, 5.41) is 12.0. The molecular formula is C9H17NO. The van der Waals surface area contributed by atoms with Crippen molar-refractivity contribution in [1.29, 1.82) is 0 Å². The lowest BCUT2D eigenvalue weighted by Crippen LogP contribution is -2.23. The minimum Gasteiger partial charge on any atom is -0.411 e. The summed E-state index contributed by atoms with van der Waals surface area (Å²) in [6.45, 7) is 6.61. The molecule has 11 heavy (non-hydrogen) atoms. The maximum absolute atomic E-state index is 8.69. The molecule has 0 saturated heterocycles. The van der Waals surface area contributed by atoms with Crippen LogP contribution in [0, 0.1) is 11.3 Å². The molecule has 0 aliphatic heterocycles. The smallest absolute Gasteiger partial charge is 0.0606 e. The fourth-order valence-corrected chi connectivity index (χ4v) is 1.88. The summed E-state index contributed by atoms with van der Waals surface area (Å²) in [5.41, 5.74) is 1.26. The minimum atomic E-state index is 0.262. The maximum atomic E-state index is 8.69. The van der Waals surface area contributed by atoms with Gasteiger partial charge in [0.05, 0.1) is 5.71 Å². The Morgan fingerprint density at radius 3 is 2.45 bits per heavy atom. The third-order valence-electron chi connectivity index (χ3n) is 2.50. The Morgan fingerprint density at radius 1 is 1.45 bits per heavy atom. The van der Waals surface area contributed by atoms with Gasteiger partial charge in [0.25, 0.3) is 0 Å². The van der Waals surface area contributed by atoms with Crippen molar-refractivity contribution in [3.05, 3.63) is 0 Å². The zero-order chi connectivity index (χ0) is 8.48. The molecule has 0 aromatic heterocycles. The fourth-order valence-electron chi connectivity index (χ4n) is 1.88. The van der Waals surface area contributed by atoms with E-state index in [-0.39, 0.29) is 5.41 Å². The molecule has 1 saturated carbocycles. The molecule has 2 heteroatoms. The highest BCUT2D eigenvalue weighted by Crippen LogP contribution is 2.37. The Kier molecular flexibility index (Phi) is 2.21. The fraction of sp³-hybridized carbons (Fsp3) is 0.889. The number of hydrogen-bond donors (Lipinski definition) is 1. The van der Waals surface area contributed by atoms with Gasteiger partial charge in [-0.3, -0.25) is 0 Å². The van der Waals surface area contributed by atoms with Crippen molar-refractivity contribution in [3.63, 3.8) is 0 Å². The van der Waals surface area contributed by atoms with Gasteiger partial charge in [-0.15, -0.1) is 0 Å². The first-order chi connectivity index (χ1) is 5.05. The van der Waals surface area contributed by atoms with Crippen molar-refractivity contribution in [2.24, 2.45) is 16.5 Å². The average Bonchev–Trinajstić information content (AvgIpc) is 2.31. The van der Waals surface area contributed by atoms with Crippen LogP contribution in [0.4, 0.5) is 0 Å². The first kappa shape index (κ1) is 8.57. The summed E-state index contributed by atoms with van der Waals surface area (Å²) in [6, 6.07) is 0. The van der Waals surface area contributed by atoms with E-state index in [4.69, 9.17) is 5.21 Å². The first-order valence-electron chi connectivity index (χ1n) is 4.26. The molecule has 0 radical (unpaired) electrons. The van der Waals surface area contributed by atoms with Gasteiger partial charge in [-0.1, -0.05) is 25.9 Å². The van der Waals surface area contributed by atoms with Crippen molar-refractivity contribution in [2.75, 3.05) is 0 Å². The van der Waals surface area contributed by atoms with Gasteiger partial charge in [0, 0.05) is 5.92 Å². The van der Waals surface area contributed by atoms with Crippen LogP contribution in [0.5, 0.6) is 0 Å². The molecule has 1 fully saturated rings. The molecular weight excluding hydrogens is 138 g/mol. The van der Waals surface area contributed by atoms with Gasteiger partial charge < -0.3 is 5.21 Å². The van der Waals surface area contributed by atoms with Crippen LogP contribution >= 0.6 is 0 Å². The largest absolute Gasteiger partial charge is 0.411 e. The van der Waals surface area contributed by atoms with E-state index in [2.05, 4.69) is 25.9 Å². The number of nitrogens with zero attached hydrogens (tertiary/aromatic N) is 1. The molecule has 1 N–H and O–H groups in total. The van der Waals surface area contributed by atoms with E-state index in [1.165, 1.54) is 12.8 Å². The standard InChI is InChI=1S/C9H17NO/c1-9(2,3)7-5-4-6-8(7)10-11/h7,11H,4-6H2,1-3H3/b10-8+. The highest BCUT2D eigenvalue weighted by molar-refractivity contribution is 5.88. The van der Waals surface area contributed by atoms with Gasteiger partial charge in [0.1, 0.15) is 0 Å². The maximum Gasteiger partial charge on any atom is 0.0606 e. The summed E-state index contributed by atoms with van der Waals surface area (Å²) in [7, 11) is 0. The van der Waals surface area contributed by atoms with E-state index in [0.29, 0.717) is 5.92 Å². The van der Waals surface area contributed by atoms with Gasteiger partial charge >= 0.3 is 0 Å². The second-order valence-corrected chi connectivity index (χ2v) is 4.40. The van der Waals surface area contributed by atoms with E-state index in [1.807, 2.05) is 0 Å². The summed E-state index contributed by atoms with van der Waals surface area (Å²) in [4.78, 5) is 0. The number of rotatable bonds is 0. The normalized spacial score (nSPS) is 29.7. The van der Waals surface area contributed by atoms with Crippen molar-refractivity contribution in [1.82, 2.24) is 0 Å². The van der Waals surface area contributed by atoms with Gasteiger partial charge in [-0.2, -0.15) is 0 Å². The summed E-state index contributed by atoms with van der Waals surface area (Å²) >= 11 is 0. The van der Waals surface area contributed by atoms with E-state index >= 15 is 0 Å². The summed E-state index contributed by atoms with van der Waals surface area (Å²) in [5.74, 6) is 0.493. The van der Waals surface area contributed by atoms with Gasteiger partial charge in [-0.25, -0.2) is 0 Å². The lowest BCUT2D eigenvalue weighted by molar-refractivity contribution is 0.284. The topological polar surface area (TPSA) is 32.6 Å². The van der Waals surface area contributed by atoms with Gasteiger partial charge in [0.2, 0.25) is 0 Å². The molecule has 0 spiro atoms. The van der Waals surface area contributed by atoms with Crippen LogP contribution in [0.15, 0.2) is 5.16 Å². The highest BCUT2D eigenvalue weighted by Gasteiger charge is 2.33. The predicted octanol–water partition coefficient (Wildman–Crippen LogP) is 2.66. The summed E-state index contributed by atoms with van der Waals surface area (Å²) < 4.78 is 0. The van der Waals surface area contributed by atoms with Gasteiger partial charge in [-0.05, 0) is 24.7 Å². The molecule has 1 aliphatic rings. The Hall–Kier alpha value is -0.530. The molecule has 1 unspecified atom stereocenters. The van der Waals surface area contributed by atoms with E-state index in [0.717, 1.165) is 12.1 Å². The molecule has 1 aliphatic carbocycles. The van der Waals surface area contributed by atoms with Crippen LogP contribution in [0.2, 0.25) is 0 Å². The lowest BCUT2D eigenvalue weighted by atomic mass is 9.79. The number of oxime groups is 1. The molecule has 1 atom stereocenters. The van der Waals surface area contributed by atoms with Crippen LogP contribution in [-0.4, -0.2) is 10.9 Å². The van der Waals surface area contributed by atoms with Crippen LogP contribution in [-0.2, 0) is 0 Å². The Labute approximate surface area is 68.3 Å². The second-order valence-electron chi connectivity index (χ2n) is 4.40. The van der Waals surface area contributed by atoms with E-state index in [9.17, 15) is 0 Å². The third-order valence-corrected chi connectivity index (χ3v) is 2.50. The third kappa shape index (κ3) is 1.73.